The fraction of sp³-hybridized carbons (Fsp3) is 0.200. The van der Waals surface area contributed by atoms with E-state index >= 15 is 0 Å². The Morgan fingerprint density at radius 3 is 2.20 bits per heavy atom. The second-order valence-corrected chi connectivity index (χ2v) is 6.59. The molecule has 126 valence electrons. The molecule has 0 spiro atoms. The molecule has 0 saturated carbocycles. The second-order valence-electron chi connectivity index (χ2n) is 6.20. The van der Waals surface area contributed by atoms with Crippen molar-refractivity contribution >= 4 is 22.4 Å². The summed E-state index contributed by atoms with van der Waals surface area (Å²) in [7, 11) is 0. The number of imidazole rings is 1. The maximum absolute atomic E-state index is 5.83. The van der Waals surface area contributed by atoms with E-state index in [4.69, 9.17) is 11.6 Å². The molecule has 25 heavy (non-hydrogen) atoms. The Kier molecular flexibility index (Phi) is 4.53. The highest BCUT2D eigenvalue weighted by atomic mass is 35.5. The molecule has 4 nitrogen and oxygen atoms in total. The van der Waals surface area contributed by atoms with Crippen LogP contribution >= 0.6 is 11.6 Å². The van der Waals surface area contributed by atoms with Crippen LogP contribution in [0.1, 0.15) is 12.8 Å². The van der Waals surface area contributed by atoms with Crippen LogP contribution in [0.4, 0.5) is 0 Å². The standard InChI is InChI=1S/C20H19ClN4/c21-20-8-7-16(11-22-20)19-14-25(15-23-19)10-4-3-9-24-12-17-5-1-2-6-18(17)13-24/h1-2,5-8,11-15H,3-4,9-10H2. The van der Waals surface area contributed by atoms with E-state index in [0.29, 0.717) is 5.15 Å². The van der Waals surface area contributed by atoms with E-state index in [1.807, 2.05) is 12.4 Å². The number of pyridine rings is 1. The fourth-order valence-corrected chi connectivity index (χ4v) is 3.13. The van der Waals surface area contributed by atoms with Gasteiger partial charge in [0.1, 0.15) is 5.15 Å². The molecule has 0 aliphatic carbocycles. The van der Waals surface area contributed by atoms with E-state index in [0.717, 1.165) is 37.2 Å². The second kappa shape index (κ2) is 7.11. The minimum absolute atomic E-state index is 0.501. The third kappa shape index (κ3) is 3.74. The van der Waals surface area contributed by atoms with Gasteiger partial charge in [0.05, 0.1) is 12.0 Å². The number of rotatable bonds is 6. The van der Waals surface area contributed by atoms with E-state index in [-0.39, 0.29) is 0 Å². The Morgan fingerprint density at radius 2 is 1.52 bits per heavy atom. The smallest absolute Gasteiger partial charge is 0.129 e. The van der Waals surface area contributed by atoms with Gasteiger partial charge >= 0.3 is 0 Å². The van der Waals surface area contributed by atoms with Crippen molar-refractivity contribution in [3.8, 4) is 11.3 Å². The van der Waals surface area contributed by atoms with Crippen LogP contribution in [0.25, 0.3) is 22.0 Å². The van der Waals surface area contributed by atoms with E-state index < -0.39 is 0 Å². The Balaban J connectivity index is 1.31. The fourth-order valence-electron chi connectivity index (χ4n) is 3.02. The highest BCUT2D eigenvalue weighted by molar-refractivity contribution is 6.29. The maximum Gasteiger partial charge on any atom is 0.129 e. The average Bonchev–Trinajstić information content (AvgIpc) is 3.26. The Labute approximate surface area is 151 Å². The first-order valence-electron chi connectivity index (χ1n) is 8.46. The molecular formula is C20H19ClN4. The highest BCUT2D eigenvalue weighted by Gasteiger charge is 2.03. The monoisotopic (exact) mass is 350 g/mol. The van der Waals surface area contributed by atoms with Gasteiger partial charge in [0, 0.05) is 43.4 Å². The Morgan fingerprint density at radius 1 is 0.800 bits per heavy atom. The summed E-state index contributed by atoms with van der Waals surface area (Å²) < 4.78 is 4.42. The molecule has 3 heterocycles. The molecule has 4 aromatic rings. The molecule has 1 aromatic carbocycles. The zero-order valence-corrected chi connectivity index (χ0v) is 14.6. The summed E-state index contributed by atoms with van der Waals surface area (Å²) in [6.45, 7) is 2.01. The lowest BCUT2D eigenvalue weighted by Gasteiger charge is -2.04. The molecular weight excluding hydrogens is 332 g/mol. The predicted molar refractivity (Wildman–Crippen MR) is 102 cm³/mol. The van der Waals surface area contributed by atoms with Crippen LogP contribution in [0.3, 0.4) is 0 Å². The normalized spacial score (nSPS) is 11.2. The zero-order valence-electron chi connectivity index (χ0n) is 13.8. The summed E-state index contributed by atoms with van der Waals surface area (Å²) in [6.07, 6.45) is 12.4. The number of hydrogen-bond acceptors (Lipinski definition) is 2. The van der Waals surface area contributed by atoms with E-state index in [1.165, 1.54) is 10.8 Å². The van der Waals surface area contributed by atoms with Crippen molar-refractivity contribution in [3.63, 3.8) is 0 Å². The van der Waals surface area contributed by atoms with Gasteiger partial charge in [-0.2, -0.15) is 0 Å². The van der Waals surface area contributed by atoms with Gasteiger partial charge < -0.3 is 9.13 Å². The lowest BCUT2D eigenvalue weighted by atomic mass is 10.2. The summed E-state index contributed by atoms with van der Waals surface area (Å²) in [5, 5.41) is 3.11. The van der Waals surface area contributed by atoms with Crippen LogP contribution in [0, 0.1) is 0 Å². The number of unbranched alkanes of at least 4 members (excludes halogenated alkanes) is 1. The third-order valence-corrected chi connectivity index (χ3v) is 4.57. The van der Waals surface area contributed by atoms with E-state index in [2.05, 4.69) is 62.0 Å². The topological polar surface area (TPSA) is 35.6 Å². The number of benzene rings is 1. The van der Waals surface area contributed by atoms with Crippen LogP contribution in [-0.4, -0.2) is 19.1 Å². The van der Waals surface area contributed by atoms with Gasteiger partial charge in [0.2, 0.25) is 0 Å². The molecule has 0 bridgehead atoms. The molecule has 3 aromatic heterocycles. The highest BCUT2D eigenvalue weighted by Crippen LogP contribution is 2.18. The number of aromatic nitrogens is 4. The first-order valence-corrected chi connectivity index (χ1v) is 8.84. The van der Waals surface area contributed by atoms with Crippen LogP contribution in [-0.2, 0) is 13.1 Å². The molecule has 0 unspecified atom stereocenters. The van der Waals surface area contributed by atoms with Crippen molar-refractivity contribution in [2.45, 2.75) is 25.9 Å². The summed E-state index contributed by atoms with van der Waals surface area (Å²) in [5.41, 5.74) is 1.92. The van der Waals surface area contributed by atoms with Crippen molar-refractivity contribution in [1.82, 2.24) is 19.1 Å². The number of halogens is 1. The van der Waals surface area contributed by atoms with Gasteiger partial charge in [-0.3, -0.25) is 0 Å². The zero-order chi connectivity index (χ0) is 17.1. The van der Waals surface area contributed by atoms with Crippen LogP contribution in [0.15, 0.2) is 67.5 Å². The number of aryl methyl sites for hydroxylation is 2. The first kappa shape index (κ1) is 15.9. The van der Waals surface area contributed by atoms with Crippen LogP contribution in [0.5, 0.6) is 0 Å². The largest absolute Gasteiger partial charge is 0.353 e. The molecule has 0 N–H and O–H groups in total. The van der Waals surface area contributed by atoms with Gasteiger partial charge in [0.15, 0.2) is 0 Å². The van der Waals surface area contributed by atoms with Crippen molar-refractivity contribution in [2.75, 3.05) is 0 Å². The van der Waals surface area contributed by atoms with Crippen LogP contribution in [0.2, 0.25) is 5.15 Å². The van der Waals surface area contributed by atoms with E-state index in [1.54, 1.807) is 12.3 Å². The molecule has 0 radical (unpaired) electrons. The molecule has 0 fully saturated rings. The van der Waals surface area contributed by atoms with E-state index in [9.17, 15) is 0 Å². The molecule has 0 saturated heterocycles. The molecule has 5 heteroatoms. The summed E-state index contributed by atoms with van der Waals surface area (Å²) in [6, 6.07) is 12.2. The lowest BCUT2D eigenvalue weighted by molar-refractivity contribution is 0.555. The van der Waals surface area contributed by atoms with Crippen molar-refractivity contribution in [3.05, 3.63) is 72.7 Å². The van der Waals surface area contributed by atoms with Gasteiger partial charge in [-0.25, -0.2) is 9.97 Å². The van der Waals surface area contributed by atoms with Crippen molar-refractivity contribution in [2.24, 2.45) is 0 Å². The van der Waals surface area contributed by atoms with Crippen molar-refractivity contribution < 1.29 is 0 Å². The number of nitrogens with zero attached hydrogens (tertiary/aromatic N) is 4. The minimum atomic E-state index is 0.501. The molecule has 0 aliphatic rings. The Bertz CT molecular complexity index is 936. The quantitative estimate of drug-likeness (QED) is 0.361. The van der Waals surface area contributed by atoms with Gasteiger partial charge in [-0.15, -0.1) is 0 Å². The molecule has 0 amide bonds. The average molecular weight is 351 g/mol. The first-order chi connectivity index (χ1) is 12.3. The molecule has 4 rings (SSSR count). The maximum atomic E-state index is 5.83. The molecule has 0 aliphatic heterocycles. The SMILES string of the molecule is Clc1ccc(-c2cn(CCCCn3cc4ccccc4c3)cn2)cn1. The van der Waals surface area contributed by atoms with Gasteiger partial charge in [0.25, 0.3) is 0 Å². The number of hydrogen-bond donors (Lipinski definition) is 0. The summed E-state index contributed by atoms with van der Waals surface area (Å²) in [5.74, 6) is 0. The van der Waals surface area contributed by atoms with Gasteiger partial charge in [-0.05, 0) is 35.7 Å². The van der Waals surface area contributed by atoms with Crippen molar-refractivity contribution in [1.29, 1.82) is 0 Å². The third-order valence-electron chi connectivity index (χ3n) is 4.34. The predicted octanol–water partition coefficient (Wildman–Crippen LogP) is 5.03. The number of fused-ring (bicyclic) bond motifs is 1. The van der Waals surface area contributed by atoms with Crippen LogP contribution < -0.4 is 0 Å². The molecule has 0 atom stereocenters. The summed E-state index contributed by atoms with van der Waals surface area (Å²) in [4.78, 5) is 8.56. The van der Waals surface area contributed by atoms with Gasteiger partial charge in [-0.1, -0.05) is 35.9 Å². The Hall–Kier alpha value is -2.59. The summed E-state index contributed by atoms with van der Waals surface area (Å²) >= 11 is 5.83. The minimum Gasteiger partial charge on any atom is -0.353 e. The lowest BCUT2D eigenvalue weighted by Crippen LogP contribution is -1.98.